The number of aromatic nitrogens is 1. The first-order chi connectivity index (χ1) is 14.0. The van der Waals surface area contributed by atoms with E-state index in [-0.39, 0.29) is 5.56 Å². The number of H-pyrrole nitrogens is 1. The van der Waals surface area contributed by atoms with E-state index < -0.39 is 0 Å². The Balaban J connectivity index is 2.17. The molecule has 6 nitrogen and oxygen atoms in total. The van der Waals surface area contributed by atoms with Crippen molar-refractivity contribution in [2.75, 3.05) is 46.4 Å². The minimum absolute atomic E-state index is 0.0573. The van der Waals surface area contributed by atoms with Crippen molar-refractivity contribution in [2.24, 2.45) is 0 Å². The van der Waals surface area contributed by atoms with Gasteiger partial charge in [-0.1, -0.05) is 26.0 Å². The van der Waals surface area contributed by atoms with Crippen molar-refractivity contribution in [1.82, 2.24) is 20.1 Å². The Hall–Kier alpha value is -1.96. The van der Waals surface area contributed by atoms with E-state index in [0.29, 0.717) is 18.3 Å². The van der Waals surface area contributed by atoms with Crippen LogP contribution in [0.2, 0.25) is 0 Å². The summed E-state index contributed by atoms with van der Waals surface area (Å²) < 4.78 is 5.10. The SMILES string of the molecule is CCN(CC)CCN(Cc1cc2ccc(C)cc2[nH]c1=O)C(=S)NCCCOC. The van der Waals surface area contributed by atoms with Crippen molar-refractivity contribution < 1.29 is 4.74 Å². The van der Waals surface area contributed by atoms with Gasteiger partial charge in [-0.2, -0.15) is 0 Å². The molecule has 0 aliphatic carbocycles. The summed E-state index contributed by atoms with van der Waals surface area (Å²) in [6.45, 7) is 11.9. The molecule has 2 aromatic rings. The predicted octanol–water partition coefficient (Wildman–Crippen LogP) is 2.89. The van der Waals surface area contributed by atoms with Gasteiger partial charge >= 0.3 is 0 Å². The molecule has 2 rings (SSSR count). The van der Waals surface area contributed by atoms with Crippen molar-refractivity contribution in [1.29, 1.82) is 0 Å². The zero-order valence-corrected chi connectivity index (χ0v) is 18.9. The fourth-order valence-corrected chi connectivity index (χ4v) is 3.52. The van der Waals surface area contributed by atoms with Crippen molar-refractivity contribution in [3.05, 3.63) is 45.7 Å². The monoisotopic (exact) mass is 418 g/mol. The Morgan fingerprint density at radius 2 is 1.97 bits per heavy atom. The number of methoxy groups -OCH3 is 1. The summed E-state index contributed by atoms with van der Waals surface area (Å²) in [5, 5.41) is 5.02. The molecule has 1 aromatic carbocycles. The van der Waals surface area contributed by atoms with Crippen LogP contribution in [-0.4, -0.2) is 66.3 Å². The molecule has 160 valence electrons. The number of aryl methyl sites for hydroxylation is 1. The molecule has 0 aliphatic heterocycles. The molecule has 0 radical (unpaired) electrons. The van der Waals surface area contributed by atoms with Gasteiger partial charge < -0.3 is 24.8 Å². The molecule has 7 heteroatoms. The van der Waals surface area contributed by atoms with Crippen LogP contribution in [0.5, 0.6) is 0 Å². The molecule has 0 saturated carbocycles. The van der Waals surface area contributed by atoms with Gasteiger partial charge in [-0.3, -0.25) is 4.79 Å². The summed E-state index contributed by atoms with van der Waals surface area (Å²) in [7, 11) is 1.70. The van der Waals surface area contributed by atoms with Gasteiger partial charge in [0.05, 0.1) is 6.54 Å². The lowest BCUT2D eigenvalue weighted by Crippen LogP contribution is -2.44. The Morgan fingerprint density at radius 3 is 2.66 bits per heavy atom. The number of hydrogen-bond donors (Lipinski definition) is 2. The smallest absolute Gasteiger partial charge is 0.253 e. The minimum atomic E-state index is -0.0573. The summed E-state index contributed by atoms with van der Waals surface area (Å²) in [6, 6.07) is 8.09. The molecule has 0 unspecified atom stereocenters. The van der Waals surface area contributed by atoms with Crippen molar-refractivity contribution in [2.45, 2.75) is 33.7 Å². The minimum Gasteiger partial charge on any atom is -0.385 e. The van der Waals surface area contributed by atoms with E-state index in [2.05, 4.69) is 40.0 Å². The summed E-state index contributed by atoms with van der Waals surface area (Å²) in [5.74, 6) is 0. The molecule has 2 N–H and O–H groups in total. The largest absolute Gasteiger partial charge is 0.385 e. The topological polar surface area (TPSA) is 60.6 Å². The van der Waals surface area contributed by atoms with Crippen LogP contribution in [0.25, 0.3) is 10.9 Å². The maximum Gasteiger partial charge on any atom is 0.253 e. The molecule has 0 spiro atoms. The normalized spacial score (nSPS) is 11.2. The maximum atomic E-state index is 12.7. The fourth-order valence-electron chi connectivity index (χ4n) is 3.26. The van der Waals surface area contributed by atoms with Gasteiger partial charge in [0, 0.05) is 44.4 Å². The van der Waals surface area contributed by atoms with E-state index in [1.54, 1.807) is 7.11 Å². The average Bonchev–Trinajstić information content (AvgIpc) is 2.71. The van der Waals surface area contributed by atoms with Gasteiger partial charge in [-0.25, -0.2) is 0 Å². The number of fused-ring (bicyclic) bond motifs is 1. The molecule has 1 heterocycles. The lowest BCUT2D eigenvalue weighted by atomic mass is 10.1. The number of rotatable bonds is 11. The first-order valence-electron chi connectivity index (χ1n) is 10.3. The maximum absolute atomic E-state index is 12.7. The third kappa shape index (κ3) is 7.10. The number of nitrogens with zero attached hydrogens (tertiary/aromatic N) is 2. The van der Waals surface area contributed by atoms with E-state index in [0.717, 1.165) is 61.2 Å². The zero-order valence-electron chi connectivity index (χ0n) is 18.1. The highest BCUT2D eigenvalue weighted by molar-refractivity contribution is 7.80. The highest BCUT2D eigenvalue weighted by Crippen LogP contribution is 2.14. The molecule has 29 heavy (non-hydrogen) atoms. The molecular formula is C22H34N4O2S. The number of ether oxygens (including phenoxy) is 1. The first-order valence-corrected chi connectivity index (χ1v) is 10.8. The van der Waals surface area contributed by atoms with Crippen LogP contribution in [-0.2, 0) is 11.3 Å². The molecular weight excluding hydrogens is 384 g/mol. The zero-order chi connectivity index (χ0) is 21.2. The second kappa shape index (κ2) is 11.9. The van der Waals surface area contributed by atoms with E-state index in [9.17, 15) is 4.79 Å². The molecule has 1 aromatic heterocycles. The van der Waals surface area contributed by atoms with Crippen LogP contribution in [0.3, 0.4) is 0 Å². The van der Waals surface area contributed by atoms with E-state index in [1.807, 2.05) is 25.1 Å². The number of benzene rings is 1. The molecule has 0 atom stereocenters. The molecule has 0 saturated heterocycles. The van der Waals surface area contributed by atoms with Gasteiger partial charge in [-0.15, -0.1) is 0 Å². The van der Waals surface area contributed by atoms with Crippen molar-refractivity contribution in [3.63, 3.8) is 0 Å². The van der Waals surface area contributed by atoms with Gasteiger partial charge in [0.1, 0.15) is 0 Å². The van der Waals surface area contributed by atoms with Gasteiger partial charge in [0.15, 0.2) is 5.11 Å². The summed E-state index contributed by atoms with van der Waals surface area (Å²) >= 11 is 5.65. The number of nitrogens with one attached hydrogen (secondary N) is 2. The number of hydrogen-bond acceptors (Lipinski definition) is 4. The van der Waals surface area contributed by atoms with Gasteiger partial charge in [0.25, 0.3) is 5.56 Å². The first kappa shape index (κ1) is 23.3. The predicted molar refractivity (Wildman–Crippen MR) is 125 cm³/mol. The van der Waals surface area contributed by atoms with Crippen LogP contribution < -0.4 is 10.9 Å². The second-order valence-corrected chi connectivity index (χ2v) is 7.63. The number of likely N-dealkylation sites (N-methyl/N-ethyl adjacent to an activating group) is 1. The highest BCUT2D eigenvalue weighted by atomic mass is 32.1. The van der Waals surface area contributed by atoms with Crippen LogP contribution >= 0.6 is 12.2 Å². The third-order valence-electron chi connectivity index (χ3n) is 5.11. The Kier molecular flexibility index (Phi) is 9.57. The molecule has 0 bridgehead atoms. The molecule has 0 amide bonds. The standard InChI is InChI=1S/C22H34N4O2S/c1-5-25(6-2)11-12-26(22(29)23-10-7-13-28-4)16-19-15-18-9-8-17(3)14-20(18)24-21(19)27/h8-9,14-15H,5-7,10-13,16H2,1-4H3,(H,23,29)(H,24,27). The quantitative estimate of drug-likeness (QED) is 0.432. The molecule has 0 fully saturated rings. The van der Waals surface area contributed by atoms with Crippen LogP contribution in [0.4, 0.5) is 0 Å². The third-order valence-corrected chi connectivity index (χ3v) is 5.51. The number of thiocarbonyl (C=S) groups is 1. The summed E-state index contributed by atoms with van der Waals surface area (Å²) in [6.07, 6.45) is 0.885. The average molecular weight is 419 g/mol. The summed E-state index contributed by atoms with van der Waals surface area (Å²) in [5.41, 5.74) is 2.66. The fraction of sp³-hybridized carbons (Fsp3) is 0.545. The van der Waals surface area contributed by atoms with Crippen LogP contribution in [0.1, 0.15) is 31.4 Å². The Bertz CT molecular complexity index is 848. The molecule has 0 aliphatic rings. The van der Waals surface area contributed by atoms with E-state index in [1.165, 1.54) is 0 Å². The number of aromatic amines is 1. The van der Waals surface area contributed by atoms with E-state index in [4.69, 9.17) is 17.0 Å². The summed E-state index contributed by atoms with van der Waals surface area (Å²) in [4.78, 5) is 20.1. The lowest BCUT2D eigenvalue weighted by molar-refractivity contribution is 0.195. The van der Waals surface area contributed by atoms with Crippen LogP contribution in [0, 0.1) is 6.92 Å². The van der Waals surface area contributed by atoms with Gasteiger partial charge in [0.2, 0.25) is 0 Å². The van der Waals surface area contributed by atoms with Crippen molar-refractivity contribution in [3.8, 4) is 0 Å². The van der Waals surface area contributed by atoms with Crippen molar-refractivity contribution >= 4 is 28.2 Å². The van der Waals surface area contributed by atoms with Gasteiger partial charge in [-0.05, 0) is 61.7 Å². The Labute approximate surface area is 179 Å². The highest BCUT2D eigenvalue weighted by Gasteiger charge is 2.14. The van der Waals surface area contributed by atoms with E-state index >= 15 is 0 Å². The van der Waals surface area contributed by atoms with Crippen LogP contribution in [0.15, 0.2) is 29.1 Å². The number of pyridine rings is 1. The lowest BCUT2D eigenvalue weighted by Gasteiger charge is -2.29. The Morgan fingerprint density at radius 1 is 1.21 bits per heavy atom. The second-order valence-electron chi connectivity index (χ2n) is 7.24.